The molecule has 2 aromatic heterocycles. The molecule has 5 aliphatic rings. The van der Waals surface area contributed by atoms with Crippen LogP contribution in [0.4, 0.5) is 20.3 Å². The molecule has 0 radical (unpaired) electrons. The molecule has 5 aromatic rings. The minimum atomic E-state index is -0.888. The maximum atomic E-state index is 16.8. The van der Waals surface area contributed by atoms with Crippen LogP contribution in [-0.4, -0.2) is 141 Å². The molecule has 10 rings (SSSR count). The molecule has 4 fully saturated rings. The number of ether oxygens (including phenoxy) is 1. The van der Waals surface area contributed by atoms with Gasteiger partial charge in [0.2, 0.25) is 5.91 Å². The number of unbranched alkanes of at least 4 members (excludes halogenated alkanes) is 4. The Morgan fingerprint density at radius 2 is 1.77 bits per heavy atom. The number of nitrogens with two attached hydrogens (primary N) is 1. The molecule has 5 unspecified atom stereocenters. The SMILES string of the molecule is C#Cc1c(F)ccc2cc(O)cc(-c3ncc4c(N5CC6CCC(C5)N6)nc(OCC56CCC(CN)N5CC(=C)C6)nc4c3F)c12.C=CCCC(C(=O)NC)N1C(=O)c2ccc(NO)cc2C1=O.C=O.[CH2-]CCCCCCO.[W]. The van der Waals surface area contributed by atoms with Gasteiger partial charge in [0.05, 0.1) is 33.3 Å². The van der Waals surface area contributed by atoms with Crippen molar-refractivity contribution in [3.63, 3.8) is 0 Å². The standard InChI is InChI=1S/C35H35F2N7O2.C15H17N3O4.C7H15O.CH2O.W/c1-3-25-28(36)7-4-20-10-24(45)11-26(29(20)25)31-30(37)32-27(14-39-31)33(43-16-21-5-6-22(17-43)40-21)42-34(41-32)46-18-35-9-8-23(13-38)44(35)15-19(2)12-35;1-3-4-5-12(13(19)16-2)18-14(20)10-7-6-9(17-22)8-11(10)15(18)21;1-2-3-4-5-6-7-8;1-2;/h1,4,7,10-11,14,21-23,40,45H,2,5-6,8-9,12-13,15-18,38H2;3,6-8,12,17,22H,1,4-5H2,2H3,(H,16,19);8H,1-7H2;1H2;/q;;-1;;. The van der Waals surface area contributed by atoms with Gasteiger partial charge in [-0.3, -0.25) is 39.9 Å². The number of anilines is 2. The number of aliphatic hydroxyl groups excluding tert-OH is 1. The van der Waals surface area contributed by atoms with Crippen LogP contribution in [0.1, 0.15) is 103 Å². The Hall–Kier alpha value is -6.72. The van der Waals surface area contributed by atoms with Crippen molar-refractivity contribution in [1.82, 2.24) is 35.4 Å². The average molecular weight is 1260 g/mol. The first kappa shape index (κ1) is 61.5. The van der Waals surface area contributed by atoms with Crippen molar-refractivity contribution in [2.75, 3.05) is 56.8 Å². The summed E-state index contributed by atoms with van der Waals surface area (Å²) >= 11 is 0. The summed E-state index contributed by atoms with van der Waals surface area (Å²) in [5, 5.41) is 35.1. The van der Waals surface area contributed by atoms with Crippen LogP contribution in [0.5, 0.6) is 11.8 Å². The van der Waals surface area contributed by atoms with Gasteiger partial charge >= 0.3 is 6.01 Å². The molecule has 8 N–H and O–H groups in total. The minimum Gasteiger partial charge on any atom is -0.508 e. The minimum absolute atomic E-state index is 0. The van der Waals surface area contributed by atoms with Gasteiger partial charge in [-0.1, -0.05) is 49.5 Å². The number of imide groups is 1. The number of aromatic nitrogens is 3. The third-order valence-electron chi connectivity index (χ3n) is 15.0. The number of pyridine rings is 1. The van der Waals surface area contributed by atoms with Gasteiger partial charge < -0.3 is 47.9 Å². The van der Waals surface area contributed by atoms with Crippen molar-refractivity contribution in [3.05, 3.63) is 109 Å². The van der Waals surface area contributed by atoms with Gasteiger partial charge in [0.1, 0.15) is 48.0 Å². The van der Waals surface area contributed by atoms with Gasteiger partial charge in [-0.2, -0.15) is 16.4 Å². The number of nitrogens with zero attached hydrogens (tertiary/aromatic N) is 6. The van der Waals surface area contributed by atoms with E-state index in [1.165, 1.54) is 62.4 Å². The number of halogens is 2. The first-order valence-corrected chi connectivity index (χ1v) is 26.2. The van der Waals surface area contributed by atoms with Crippen molar-refractivity contribution >= 4 is 57.7 Å². The molecule has 5 atom stereocenters. The quantitative estimate of drug-likeness (QED) is 0.0124. The Morgan fingerprint density at radius 3 is 2.43 bits per heavy atom. The topological polar surface area (TPSA) is 249 Å². The van der Waals surface area contributed by atoms with E-state index in [9.17, 15) is 23.9 Å². The predicted octanol–water partition coefficient (Wildman–Crippen LogP) is 6.99. The third-order valence-corrected chi connectivity index (χ3v) is 15.0. The summed E-state index contributed by atoms with van der Waals surface area (Å²) in [6.45, 7) is 17.0. The number of phenols is 1. The molecule has 7 heterocycles. The third kappa shape index (κ3) is 13.2. The molecule has 0 aliphatic carbocycles. The van der Waals surface area contributed by atoms with Gasteiger partial charge in [0.25, 0.3) is 11.8 Å². The fourth-order valence-corrected chi connectivity index (χ4v) is 11.3. The first-order valence-electron chi connectivity index (χ1n) is 26.2. The summed E-state index contributed by atoms with van der Waals surface area (Å²) in [7, 11) is 1.45. The van der Waals surface area contributed by atoms with Crippen LogP contribution in [0.25, 0.3) is 32.9 Å². The second-order valence-electron chi connectivity index (χ2n) is 20.0. The van der Waals surface area contributed by atoms with Crippen LogP contribution in [-0.2, 0) is 30.7 Å². The molecule has 5 aliphatic heterocycles. The Kier molecular flexibility index (Phi) is 21.7. The smallest absolute Gasteiger partial charge is 0.319 e. The number of piperazine rings is 1. The molecule has 420 valence electrons. The van der Waals surface area contributed by atoms with Gasteiger partial charge in [-0.15, -0.1) is 13.0 Å². The van der Waals surface area contributed by atoms with Gasteiger partial charge in [0.15, 0.2) is 5.82 Å². The largest absolute Gasteiger partial charge is 0.508 e. The van der Waals surface area contributed by atoms with Crippen molar-refractivity contribution in [1.29, 1.82) is 0 Å². The number of carbonyl (C=O) groups excluding carboxylic acids is 4. The number of likely N-dealkylation sites (N-methyl/N-ethyl adjacent to an activating group) is 1. The number of nitrogens with one attached hydrogen (secondary N) is 3. The maximum absolute atomic E-state index is 16.8. The van der Waals surface area contributed by atoms with E-state index in [2.05, 4.69) is 56.4 Å². The van der Waals surface area contributed by atoms with E-state index < -0.39 is 35.4 Å². The molecule has 0 spiro atoms. The summed E-state index contributed by atoms with van der Waals surface area (Å²) in [6.07, 6.45) is 20.1. The summed E-state index contributed by atoms with van der Waals surface area (Å²) in [6, 6.07) is 9.90. The van der Waals surface area contributed by atoms with Crippen LogP contribution >= 0.6 is 0 Å². The van der Waals surface area contributed by atoms with E-state index in [4.69, 9.17) is 37.0 Å². The molecule has 21 heteroatoms. The number of carbonyl (C=O) groups is 4. The Bertz CT molecular complexity index is 3070. The Balaban J connectivity index is 0.000000255. The molecule has 4 saturated heterocycles. The van der Waals surface area contributed by atoms with Crippen LogP contribution in [0.15, 0.2) is 73.5 Å². The number of benzene rings is 3. The zero-order valence-corrected chi connectivity index (χ0v) is 47.4. The van der Waals surface area contributed by atoms with Crippen LogP contribution < -0.4 is 31.5 Å². The monoisotopic (exact) mass is 1260 g/mol. The summed E-state index contributed by atoms with van der Waals surface area (Å²) in [5.74, 6) is -0.00151. The van der Waals surface area contributed by atoms with Crippen molar-refractivity contribution in [2.24, 2.45) is 5.73 Å². The number of hydrogen-bond donors (Lipinski definition) is 7. The van der Waals surface area contributed by atoms with E-state index in [-0.39, 0.29) is 83.3 Å². The van der Waals surface area contributed by atoms with E-state index in [1.54, 1.807) is 12.3 Å². The number of hydrogen-bond acceptors (Lipinski definition) is 16. The molecule has 79 heavy (non-hydrogen) atoms. The molecular weight excluding hydrogens is 1190 g/mol. The number of allylic oxidation sites excluding steroid dienone is 1. The molecule has 2 bridgehead atoms. The van der Waals surface area contributed by atoms with Crippen molar-refractivity contribution < 1.29 is 69.2 Å². The second-order valence-corrected chi connectivity index (χ2v) is 20.0. The molecule has 0 saturated carbocycles. The number of fused-ring (bicyclic) bond motifs is 6. The Labute approximate surface area is 473 Å². The zero-order valence-electron chi connectivity index (χ0n) is 44.4. The average Bonchev–Trinajstić information content (AvgIpc) is 4.26. The van der Waals surface area contributed by atoms with Crippen molar-refractivity contribution in [2.45, 2.75) is 107 Å². The maximum Gasteiger partial charge on any atom is 0.319 e. The summed E-state index contributed by atoms with van der Waals surface area (Å²) < 4.78 is 38.1. The molecule has 3 aromatic carbocycles. The normalized spacial score (nSPS) is 20.1. The molecule has 18 nitrogen and oxygen atoms in total. The number of rotatable bonds is 17. The fraction of sp³-hybridized carbons (Fsp3) is 0.414. The number of terminal acetylenes is 1. The second kappa shape index (κ2) is 27.9. The van der Waals surface area contributed by atoms with Gasteiger partial charge in [-0.05, 0) is 93.2 Å². The van der Waals surface area contributed by atoms with E-state index in [0.29, 0.717) is 80.1 Å². The van der Waals surface area contributed by atoms with E-state index in [1.807, 2.05) is 12.3 Å². The zero-order chi connectivity index (χ0) is 56.3. The van der Waals surface area contributed by atoms with Crippen LogP contribution in [0, 0.1) is 30.9 Å². The number of amides is 3. The predicted molar refractivity (Wildman–Crippen MR) is 295 cm³/mol. The molecule has 3 amide bonds. The number of phenolic OH excluding ortho intramolecular Hbond substituents is 1. The number of aliphatic hydroxyl groups is 1. The first-order chi connectivity index (χ1) is 37.7. The van der Waals surface area contributed by atoms with Gasteiger partial charge in [-0.25, -0.2) is 8.78 Å². The van der Waals surface area contributed by atoms with Gasteiger partial charge in [0, 0.05) is 96.2 Å². The summed E-state index contributed by atoms with van der Waals surface area (Å²) in [4.78, 5) is 64.5. The fourth-order valence-electron chi connectivity index (χ4n) is 11.3. The van der Waals surface area contributed by atoms with E-state index in [0.717, 1.165) is 68.4 Å². The Morgan fingerprint density at radius 1 is 1.05 bits per heavy atom. The summed E-state index contributed by atoms with van der Waals surface area (Å²) in [5.41, 5.74) is 9.65. The molecular formula is C58H69F2N10O8W-. The van der Waals surface area contributed by atoms with Crippen LogP contribution in [0.3, 0.4) is 0 Å². The van der Waals surface area contributed by atoms with Crippen molar-refractivity contribution in [3.8, 4) is 35.4 Å². The van der Waals surface area contributed by atoms with E-state index >= 15 is 4.39 Å². The number of aromatic hydroxyl groups is 1. The van der Waals surface area contributed by atoms with Crippen LogP contribution in [0.2, 0.25) is 0 Å².